The quantitative estimate of drug-likeness (QED) is 0.750. The zero-order valence-electron chi connectivity index (χ0n) is 19.3. The van der Waals surface area contributed by atoms with Crippen molar-refractivity contribution < 1.29 is 9.59 Å². The molecule has 1 heterocycles. The molecule has 2 rings (SSSR count). The molecule has 0 spiro atoms. The first-order valence-electron chi connectivity index (χ1n) is 10.8. The smallest absolute Gasteiger partial charge is 0.239 e. The summed E-state index contributed by atoms with van der Waals surface area (Å²) in [4.78, 5) is 32.1. The number of amides is 2. The van der Waals surface area contributed by atoms with Gasteiger partial charge in [0.1, 0.15) is 0 Å². The van der Waals surface area contributed by atoms with Crippen molar-refractivity contribution >= 4 is 11.8 Å². The van der Waals surface area contributed by atoms with E-state index < -0.39 is 5.41 Å². The van der Waals surface area contributed by atoms with Crippen molar-refractivity contribution in [3.05, 3.63) is 0 Å². The van der Waals surface area contributed by atoms with Crippen LogP contribution in [0, 0.1) is 10.8 Å². The van der Waals surface area contributed by atoms with E-state index in [-0.39, 0.29) is 29.9 Å². The number of nitrogens with one attached hydrogen (secondary N) is 1. The van der Waals surface area contributed by atoms with Gasteiger partial charge in [0.15, 0.2) is 0 Å². The molecule has 1 aliphatic heterocycles. The van der Waals surface area contributed by atoms with Gasteiger partial charge in [0.2, 0.25) is 11.8 Å². The van der Waals surface area contributed by atoms with E-state index in [1.54, 1.807) is 19.0 Å². The van der Waals surface area contributed by atoms with Crippen molar-refractivity contribution in [2.45, 2.75) is 77.9 Å². The molecule has 0 radical (unpaired) electrons. The van der Waals surface area contributed by atoms with Crippen LogP contribution in [0.4, 0.5) is 0 Å². The van der Waals surface area contributed by atoms with Crippen molar-refractivity contribution in [2.75, 3.05) is 41.3 Å². The topological polar surface area (TPSA) is 55.9 Å². The molecule has 6 nitrogen and oxygen atoms in total. The van der Waals surface area contributed by atoms with E-state index in [0.717, 1.165) is 32.2 Å². The highest BCUT2D eigenvalue weighted by molar-refractivity contribution is 5.84. The Hall–Kier alpha value is -1.14. The SMILES string of the molecule is CN(C)CC(C)(C)C(=O)N(C1CCC(C)(C)CC1)[C@@H]1CN[C@H](C(=O)N(C)C)C1. The van der Waals surface area contributed by atoms with Gasteiger partial charge in [-0.3, -0.25) is 9.59 Å². The molecule has 1 saturated carbocycles. The van der Waals surface area contributed by atoms with Gasteiger partial charge >= 0.3 is 0 Å². The fourth-order valence-corrected chi connectivity index (χ4v) is 4.93. The summed E-state index contributed by atoms with van der Waals surface area (Å²) in [6, 6.07) is 0.184. The lowest BCUT2D eigenvalue weighted by atomic mass is 9.74. The number of hydrogen-bond acceptors (Lipinski definition) is 4. The van der Waals surface area contributed by atoms with E-state index in [0.29, 0.717) is 18.4 Å². The summed E-state index contributed by atoms with van der Waals surface area (Å²) >= 11 is 0. The maximum atomic E-state index is 13.7. The summed E-state index contributed by atoms with van der Waals surface area (Å²) in [5, 5.41) is 3.38. The van der Waals surface area contributed by atoms with E-state index in [2.05, 4.69) is 42.8 Å². The average Bonchev–Trinajstić information content (AvgIpc) is 3.04. The fraction of sp³-hybridized carbons (Fsp3) is 0.909. The minimum absolute atomic E-state index is 0.0917. The van der Waals surface area contributed by atoms with E-state index in [4.69, 9.17) is 0 Å². The van der Waals surface area contributed by atoms with E-state index in [1.165, 1.54) is 0 Å². The molecule has 0 unspecified atom stereocenters. The molecule has 1 saturated heterocycles. The van der Waals surface area contributed by atoms with Crippen molar-refractivity contribution in [1.29, 1.82) is 0 Å². The van der Waals surface area contributed by atoms with Gasteiger partial charge in [-0.1, -0.05) is 13.8 Å². The highest BCUT2D eigenvalue weighted by atomic mass is 16.2. The molecule has 1 N–H and O–H groups in total. The first kappa shape index (κ1) is 23.1. The van der Waals surface area contributed by atoms with Crippen LogP contribution in [0.15, 0.2) is 0 Å². The Morgan fingerprint density at radius 1 is 1.04 bits per heavy atom. The molecule has 0 aromatic heterocycles. The molecule has 0 aromatic carbocycles. The van der Waals surface area contributed by atoms with Crippen LogP contribution in [0.25, 0.3) is 0 Å². The molecule has 28 heavy (non-hydrogen) atoms. The lowest BCUT2D eigenvalue weighted by Crippen LogP contribution is -2.55. The average molecular weight is 395 g/mol. The monoisotopic (exact) mass is 394 g/mol. The second-order valence-corrected chi connectivity index (χ2v) is 10.8. The zero-order valence-corrected chi connectivity index (χ0v) is 19.3. The lowest BCUT2D eigenvalue weighted by Gasteiger charge is -2.45. The molecule has 2 amide bonds. The number of rotatable bonds is 6. The molecule has 2 atom stereocenters. The van der Waals surface area contributed by atoms with Crippen LogP contribution in [0.5, 0.6) is 0 Å². The molecule has 0 bridgehead atoms. The summed E-state index contributed by atoms with van der Waals surface area (Å²) in [7, 11) is 7.63. The van der Waals surface area contributed by atoms with Crippen LogP contribution in [0.1, 0.15) is 59.8 Å². The van der Waals surface area contributed by atoms with Gasteiger partial charge < -0.3 is 20.0 Å². The maximum Gasteiger partial charge on any atom is 0.239 e. The third kappa shape index (κ3) is 5.47. The second kappa shape index (κ2) is 8.70. The predicted octanol–water partition coefficient (Wildman–Crippen LogP) is 2.19. The van der Waals surface area contributed by atoms with Gasteiger partial charge in [-0.25, -0.2) is 0 Å². The minimum Gasteiger partial charge on any atom is -0.347 e. The van der Waals surface area contributed by atoms with E-state index >= 15 is 0 Å². The summed E-state index contributed by atoms with van der Waals surface area (Å²) < 4.78 is 0. The number of carbonyl (C=O) groups is 2. The Labute approximate surface area is 172 Å². The standard InChI is InChI=1S/C22H42N4O2/c1-21(2)11-9-16(10-12-21)26(20(28)22(3,4)15-24(5)6)17-13-18(23-14-17)19(27)25(7)8/h16-18,23H,9-15H2,1-8H3/t17-,18-/m0/s1. The van der Waals surface area contributed by atoms with E-state index in [9.17, 15) is 9.59 Å². The first-order valence-corrected chi connectivity index (χ1v) is 10.8. The van der Waals surface area contributed by atoms with Crippen LogP contribution < -0.4 is 5.32 Å². The van der Waals surface area contributed by atoms with Crippen LogP contribution >= 0.6 is 0 Å². The summed E-state index contributed by atoms with van der Waals surface area (Å²) in [6.07, 6.45) is 5.12. The van der Waals surface area contributed by atoms with Gasteiger partial charge in [-0.05, 0) is 65.5 Å². The Balaban J connectivity index is 2.22. The molecule has 0 aromatic rings. The number of carbonyl (C=O) groups excluding carboxylic acids is 2. The van der Waals surface area contributed by atoms with Crippen LogP contribution in [-0.4, -0.2) is 85.9 Å². The molecule has 162 valence electrons. The zero-order chi connectivity index (χ0) is 21.3. The second-order valence-electron chi connectivity index (χ2n) is 10.8. The lowest BCUT2D eigenvalue weighted by molar-refractivity contribution is -0.148. The predicted molar refractivity (Wildman–Crippen MR) is 114 cm³/mol. The summed E-state index contributed by atoms with van der Waals surface area (Å²) in [6.45, 7) is 10.2. The van der Waals surface area contributed by atoms with E-state index in [1.807, 2.05) is 14.1 Å². The molecular weight excluding hydrogens is 352 g/mol. The largest absolute Gasteiger partial charge is 0.347 e. The third-order valence-electron chi connectivity index (χ3n) is 6.47. The van der Waals surface area contributed by atoms with Gasteiger partial charge in [-0.15, -0.1) is 0 Å². The van der Waals surface area contributed by atoms with Gasteiger partial charge in [0.25, 0.3) is 0 Å². The summed E-state index contributed by atoms with van der Waals surface area (Å²) in [5.41, 5.74) is -0.0815. The molecule has 2 aliphatic rings. The third-order valence-corrected chi connectivity index (χ3v) is 6.47. The number of nitrogens with zero attached hydrogens (tertiary/aromatic N) is 3. The minimum atomic E-state index is -0.444. The van der Waals surface area contributed by atoms with Crippen LogP contribution in [-0.2, 0) is 9.59 Å². The van der Waals surface area contributed by atoms with Gasteiger partial charge in [0, 0.05) is 39.3 Å². The Bertz CT molecular complexity index is 561. The first-order chi connectivity index (χ1) is 12.8. The highest BCUT2D eigenvalue weighted by Crippen LogP contribution is 2.39. The number of likely N-dealkylation sites (N-methyl/N-ethyl adjacent to an activating group) is 1. The Morgan fingerprint density at radius 2 is 1.61 bits per heavy atom. The number of hydrogen-bond donors (Lipinski definition) is 1. The van der Waals surface area contributed by atoms with Gasteiger partial charge in [-0.2, -0.15) is 0 Å². The normalized spacial score (nSPS) is 25.8. The summed E-state index contributed by atoms with van der Waals surface area (Å²) in [5.74, 6) is 0.336. The molecule has 1 aliphatic carbocycles. The van der Waals surface area contributed by atoms with Crippen molar-refractivity contribution in [3.63, 3.8) is 0 Å². The molecule has 6 heteroatoms. The Morgan fingerprint density at radius 3 is 2.11 bits per heavy atom. The molecular formula is C22H42N4O2. The van der Waals surface area contributed by atoms with Crippen LogP contribution in [0.3, 0.4) is 0 Å². The van der Waals surface area contributed by atoms with Crippen molar-refractivity contribution in [3.8, 4) is 0 Å². The van der Waals surface area contributed by atoms with Crippen LogP contribution in [0.2, 0.25) is 0 Å². The van der Waals surface area contributed by atoms with Crippen molar-refractivity contribution in [1.82, 2.24) is 20.0 Å². The fourth-order valence-electron chi connectivity index (χ4n) is 4.93. The Kier molecular flexibility index (Phi) is 7.19. The maximum absolute atomic E-state index is 13.7. The highest BCUT2D eigenvalue weighted by Gasteiger charge is 2.44. The van der Waals surface area contributed by atoms with Crippen molar-refractivity contribution in [2.24, 2.45) is 10.8 Å². The van der Waals surface area contributed by atoms with Gasteiger partial charge in [0.05, 0.1) is 11.5 Å². The molecule has 2 fully saturated rings.